The van der Waals surface area contributed by atoms with Gasteiger partial charge in [0.2, 0.25) is 5.91 Å². The molecule has 1 aliphatic heterocycles. The molecule has 41 heavy (non-hydrogen) atoms. The van der Waals surface area contributed by atoms with Gasteiger partial charge < -0.3 is 33.5 Å². The summed E-state index contributed by atoms with van der Waals surface area (Å²) in [7, 11) is 6.27. The third kappa shape index (κ3) is 7.92. The van der Waals surface area contributed by atoms with Crippen molar-refractivity contribution in [2.24, 2.45) is 0 Å². The van der Waals surface area contributed by atoms with E-state index in [9.17, 15) is 9.59 Å². The molecule has 0 spiro atoms. The zero-order valence-electron chi connectivity index (χ0n) is 24.1. The molecule has 0 bridgehead atoms. The number of carbonyl (C=O) groups excluding carboxylic acids is 2. The predicted octanol–water partition coefficient (Wildman–Crippen LogP) is 4.68. The molecule has 10 heteroatoms. The first-order valence-electron chi connectivity index (χ1n) is 13.6. The Morgan fingerprint density at radius 3 is 2.39 bits per heavy atom. The molecule has 2 aromatic carbocycles. The lowest BCUT2D eigenvalue weighted by Gasteiger charge is -2.29. The lowest BCUT2D eigenvalue weighted by atomic mass is 10.1. The van der Waals surface area contributed by atoms with Crippen LogP contribution in [0.3, 0.4) is 0 Å². The van der Waals surface area contributed by atoms with Gasteiger partial charge in [-0.1, -0.05) is 12.1 Å². The Morgan fingerprint density at radius 1 is 0.927 bits per heavy atom. The van der Waals surface area contributed by atoms with Gasteiger partial charge in [0.15, 0.2) is 11.5 Å². The Hall–Kier alpha value is -3.76. The summed E-state index contributed by atoms with van der Waals surface area (Å²) < 4.78 is 27.5. The number of methoxy groups -OCH3 is 4. The fourth-order valence-corrected chi connectivity index (χ4v) is 5.56. The lowest BCUT2D eigenvalue weighted by molar-refractivity contribution is -0.132. The summed E-state index contributed by atoms with van der Waals surface area (Å²) in [6, 6.07) is 14.8. The number of amides is 2. The Balaban J connectivity index is 1.55. The van der Waals surface area contributed by atoms with Crippen LogP contribution in [0.25, 0.3) is 0 Å². The summed E-state index contributed by atoms with van der Waals surface area (Å²) in [5.74, 6) is 1.84. The highest BCUT2D eigenvalue weighted by atomic mass is 32.1. The first kappa shape index (κ1) is 30.2. The molecule has 0 saturated carbocycles. The summed E-state index contributed by atoms with van der Waals surface area (Å²) in [6.07, 6.45) is 2.27. The van der Waals surface area contributed by atoms with Crippen LogP contribution < -0.4 is 18.9 Å². The summed E-state index contributed by atoms with van der Waals surface area (Å²) in [6.45, 7) is 1.83. The molecule has 1 fully saturated rings. The van der Waals surface area contributed by atoms with Crippen LogP contribution in [0.2, 0.25) is 0 Å². The second-order valence-corrected chi connectivity index (χ2v) is 10.8. The van der Waals surface area contributed by atoms with Gasteiger partial charge in [0.1, 0.15) is 18.0 Å². The molecular weight excluding hydrogens is 544 g/mol. The van der Waals surface area contributed by atoms with Crippen molar-refractivity contribution in [3.8, 4) is 23.0 Å². The van der Waals surface area contributed by atoms with Gasteiger partial charge in [0, 0.05) is 30.6 Å². The largest absolute Gasteiger partial charge is 0.497 e. The molecule has 9 nitrogen and oxygen atoms in total. The van der Waals surface area contributed by atoms with Gasteiger partial charge in [0.25, 0.3) is 5.91 Å². The van der Waals surface area contributed by atoms with Gasteiger partial charge in [-0.25, -0.2) is 0 Å². The normalized spacial score (nSPS) is 14.4. The minimum atomic E-state index is -0.288. The van der Waals surface area contributed by atoms with E-state index in [1.54, 1.807) is 55.8 Å². The number of benzene rings is 2. The second kappa shape index (κ2) is 14.7. The summed E-state index contributed by atoms with van der Waals surface area (Å²) in [4.78, 5) is 32.2. The molecule has 4 rings (SSSR count). The van der Waals surface area contributed by atoms with E-state index < -0.39 is 0 Å². The molecule has 1 aliphatic rings. The van der Waals surface area contributed by atoms with Gasteiger partial charge in [-0.3, -0.25) is 9.59 Å². The molecule has 0 N–H and O–H groups in total. The minimum Gasteiger partial charge on any atom is -0.497 e. The van der Waals surface area contributed by atoms with E-state index in [0.29, 0.717) is 61.2 Å². The van der Waals surface area contributed by atoms with Gasteiger partial charge in [0.05, 0.1) is 46.7 Å². The number of hydrogen-bond donors (Lipinski definition) is 0. The fourth-order valence-electron chi connectivity index (χ4n) is 4.85. The number of carbonyl (C=O) groups is 2. The zero-order valence-corrected chi connectivity index (χ0v) is 24.9. The van der Waals surface area contributed by atoms with Crippen molar-refractivity contribution in [3.63, 3.8) is 0 Å². The van der Waals surface area contributed by atoms with Crippen LogP contribution in [0.1, 0.15) is 33.6 Å². The van der Waals surface area contributed by atoms with Crippen LogP contribution >= 0.6 is 11.3 Å². The summed E-state index contributed by atoms with van der Waals surface area (Å²) >= 11 is 1.60. The van der Waals surface area contributed by atoms with Crippen molar-refractivity contribution in [3.05, 3.63) is 69.9 Å². The van der Waals surface area contributed by atoms with E-state index in [2.05, 4.69) is 0 Å². The molecule has 2 heterocycles. The van der Waals surface area contributed by atoms with E-state index in [4.69, 9.17) is 23.7 Å². The van der Waals surface area contributed by atoms with E-state index in [1.807, 2.05) is 40.6 Å². The van der Waals surface area contributed by atoms with Gasteiger partial charge in [-0.15, -0.1) is 11.3 Å². The Bertz CT molecular complexity index is 1290. The van der Waals surface area contributed by atoms with Crippen LogP contribution in [0.5, 0.6) is 23.0 Å². The molecule has 220 valence electrons. The van der Waals surface area contributed by atoms with Crippen LogP contribution in [-0.4, -0.2) is 82.4 Å². The predicted molar refractivity (Wildman–Crippen MR) is 157 cm³/mol. The van der Waals surface area contributed by atoms with Crippen molar-refractivity contribution in [1.82, 2.24) is 9.80 Å². The standard InChI is InChI=1S/C31H38N2O7S/c1-36-23-10-11-26(28(18-23)38-3)31(35)33(19-24-7-5-15-40-24)21-30(34)32(20-25-8-6-16-41-25)14-13-22-9-12-27(37-2)29(17-22)39-4/h6,8-12,16-18,24H,5,7,13-15,19-21H2,1-4H3. The third-order valence-electron chi connectivity index (χ3n) is 7.10. The monoisotopic (exact) mass is 582 g/mol. The second-order valence-electron chi connectivity index (χ2n) is 9.72. The van der Waals surface area contributed by atoms with Crippen molar-refractivity contribution in [1.29, 1.82) is 0 Å². The van der Waals surface area contributed by atoms with E-state index in [0.717, 1.165) is 23.3 Å². The lowest BCUT2D eigenvalue weighted by Crippen LogP contribution is -2.46. The molecule has 2 amide bonds. The van der Waals surface area contributed by atoms with E-state index in [-0.39, 0.29) is 24.5 Å². The summed E-state index contributed by atoms with van der Waals surface area (Å²) in [5, 5.41) is 2.00. The average Bonchev–Trinajstić information content (AvgIpc) is 3.72. The number of rotatable bonds is 14. The van der Waals surface area contributed by atoms with Crippen molar-refractivity contribution in [2.75, 3.05) is 54.7 Å². The Labute approximate surface area is 245 Å². The Morgan fingerprint density at radius 2 is 1.73 bits per heavy atom. The third-order valence-corrected chi connectivity index (χ3v) is 7.96. The van der Waals surface area contributed by atoms with Gasteiger partial charge in [-0.2, -0.15) is 0 Å². The van der Waals surface area contributed by atoms with E-state index >= 15 is 0 Å². The Kier molecular flexibility index (Phi) is 10.9. The fraction of sp³-hybridized carbons (Fsp3) is 0.419. The number of nitrogens with zero attached hydrogens (tertiary/aromatic N) is 2. The average molecular weight is 583 g/mol. The maximum absolute atomic E-state index is 13.9. The van der Waals surface area contributed by atoms with Crippen LogP contribution in [0.15, 0.2) is 53.9 Å². The first-order valence-corrected chi connectivity index (χ1v) is 14.5. The van der Waals surface area contributed by atoms with Crippen molar-refractivity contribution in [2.45, 2.75) is 31.9 Å². The van der Waals surface area contributed by atoms with E-state index in [1.165, 1.54) is 7.11 Å². The van der Waals surface area contributed by atoms with Crippen LogP contribution in [0.4, 0.5) is 0 Å². The number of hydrogen-bond acceptors (Lipinski definition) is 8. The topological polar surface area (TPSA) is 86.8 Å². The molecular formula is C31H38N2O7S. The number of thiophene rings is 1. The van der Waals surface area contributed by atoms with Crippen molar-refractivity contribution < 1.29 is 33.3 Å². The molecule has 1 unspecified atom stereocenters. The molecule has 3 aromatic rings. The zero-order chi connectivity index (χ0) is 29.2. The first-order chi connectivity index (χ1) is 19.9. The molecule has 0 aliphatic carbocycles. The van der Waals surface area contributed by atoms with Crippen LogP contribution in [-0.2, 0) is 22.5 Å². The highest BCUT2D eigenvalue weighted by Gasteiger charge is 2.29. The van der Waals surface area contributed by atoms with Crippen LogP contribution in [0, 0.1) is 0 Å². The maximum atomic E-state index is 13.9. The molecule has 0 radical (unpaired) electrons. The SMILES string of the molecule is COc1ccc(C(=O)N(CC(=O)N(CCc2ccc(OC)c(OC)c2)Cc2cccs2)CC2CCCO2)c(OC)c1. The molecule has 1 saturated heterocycles. The van der Waals surface area contributed by atoms with Crippen molar-refractivity contribution >= 4 is 23.2 Å². The van der Waals surface area contributed by atoms with Gasteiger partial charge >= 0.3 is 0 Å². The quantitative estimate of drug-likeness (QED) is 0.273. The minimum absolute atomic E-state index is 0.0782. The highest BCUT2D eigenvalue weighted by Crippen LogP contribution is 2.29. The molecule has 1 atom stereocenters. The molecule has 1 aromatic heterocycles. The summed E-state index contributed by atoms with van der Waals surface area (Å²) in [5.41, 5.74) is 1.39. The van der Waals surface area contributed by atoms with Gasteiger partial charge in [-0.05, 0) is 60.5 Å². The smallest absolute Gasteiger partial charge is 0.258 e. The highest BCUT2D eigenvalue weighted by molar-refractivity contribution is 7.09. The number of ether oxygens (including phenoxy) is 5. The maximum Gasteiger partial charge on any atom is 0.258 e.